The van der Waals surface area contributed by atoms with Crippen molar-refractivity contribution in [2.24, 2.45) is 0 Å². The summed E-state index contributed by atoms with van der Waals surface area (Å²) in [6.45, 7) is 4.65. The fraction of sp³-hybridized carbons (Fsp3) is 0.222. The van der Waals surface area contributed by atoms with E-state index >= 15 is 0 Å². The number of aromatic nitrogens is 3. The lowest BCUT2D eigenvalue weighted by Gasteiger charge is -2.12. The summed E-state index contributed by atoms with van der Waals surface area (Å²) in [5, 5.41) is 9.99. The Labute approximate surface area is 154 Å². The van der Waals surface area contributed by atoms with Gasteiger partial charge in [0.05, 0.1) is 5.69 Å². The Hall–Kier alpha value is -1.79. The SMILES string of the molecule is CC(C)Sc1nnc(COc2ccccc2)n1-c1cccc(Br)c1. The first-order chi connectivity index (χ1) is 11.6. The maximum Gasteiger partial charge on any atom is 0.196 e. The van der Waals surface area contributed by atoms with E-state index in [9.17, 15) is 0 Å². The highest BCUT2D eigenvalue weighted by Crippen LogP contribution is 2.27. The van der Waals surface area contributed by atoms with Gasteiger partial charge in [0.15, 0.2) is 11.0 Å². The molecule has 0 saturated heterocycles. The number of hydrogen-bond acceptors (Lipinski definition) is 4. The molecular weight excluding hydrogens is 386 g/mol. The van der Waals surface area contributed by atoms with E-state index in [4.69, 9.17) is 4.74 Å². The zero-order valence-corrected chi connectivity index (χ0v) is 15.9. The Kier molecular flexibility index (Phi) is 5.58. The molecule has 3 aromatic rings. The van der Waals surface area contributed by atoms with Gasteiger partial charge in [0, 0.05) is 9.72 Å². The number of nitrogens with zero attached hydrogens (tertiary/aromatic N) is 3. The van der Waals surface area contributed by atoms with Crippen molar-refractivity contribution in [3.05, 3.63) is 64.9 Å². The first kappa shape index (κ1) is 17.0. The molecule has 0 fully saturated rings. The third kappa shape index (κ3) is 4.19. The second-order valence-corrected chi connectivity index (χ2v) is 7.94. The van der Waals surface area contributed by atoms with Crippen molar-refractivity contribution < 1.29 is 4.74 Å². The molecule has 6 heteroatoms. The second kappa shape index (κ2) is 7.85. The van der Waals surface area contributed by atoms with Gasteiger partial charge in [0.1, 0.15) is 12.4 Å². The summed E-state index contributed by atoms with van der Waals surface area (Å²) in [6.07, 6.45) is 0. The number of hydrogen-bond donors (Lipinski definition) is 0. The van der Waals surface area contributed by atoms with Gasteiger partial charge in [-0.1, -0.05) is 65.8 Å². The Balaban J connectivity index is 1.92. The van der Waals surface area contributed by atoms with E-state index in [-0.39, 0.29) is 0 Å². The van der Waals surface area contributed by atoms with E-state index in [2.05, 4.69) is 50.6 Å². The van der Waals surface area contributed by atoms with Gasteiger partial charge in [-0.15, -0.1) is 10.2 Å². The molecule has 0 atom stereocenters. The van der Waals surface area contributed by atoms with Crippen molar-refractivity contribution in [2.75, 3.05) is 0 Å². The third-order valence-electron chi connectivity index (χ3n) is 3.22. The molecule has 0 aliphatic carbocycles. The molecule has 0 spiro atoms. The largest absolute Gasteiger partial charge is 0.486 e. The quantitative estimate of drug-likeness (QED) is 0.536. The molecule has 0 aliphatic heterocycles. The molecular formula is C18H18BrN3OS. The lowest BCUT2D eigenvalue weighted by molar-refractivity contribution is 0.293. The fourth-order valence-electron chi connectivity index (χ4n) is 2.22. The molecule has 3 rings (SSSR count). The Morgan fingerprint density at radius 2 is 1.88 bits per heavy atom. The smallest absolute Gasteiger partial charge is 0.196 e. The van der Waals surface area contributed by atoms with Crippen LogP contribution in [0.3, 0.4) is 0 Å². The average molecular weight is 404 g/mol. The van der Waals surface area contributed by atoms with Crippen LogP contribution in [0, 0.1) is 0 Å². The van der Waals surface area contributed by atoms with Crippen LogP contribution in [0.15, 0.2) is 64.2 Å². The summed E-state index contributed by atoms with van der Waals surface area (Å²) in [6, 6.07) is 17.9. The Bertz CT molecular complexity index is 805. The van der Waals surface area contributed by atoms with Gasteiger partial charge in [0.25, 0.3) is 0 Å². The van der Waals surface area contributed by atoms with Crippen LogP contribution >= 0.6 is 27.7 Å². The molecule has 0 radical (unpaired) electrons. The maximum absolute atomic E-state index is 5.86. The summed E-state index contributed by atoms with van der Waals surface area (Å²) >= 11 is 5.22. The van der Waals surface area contributed by atoms with Crippen molar-refractivity contribution in [1.82, 2.24) is 14.8 Å². The van der Waals surface area contributed by atoms with Crippen LogP contribution < -0.4 is 4.74 Å². The van der Waals surface area contributed by atoms with Gasteiger partial charge in [-0.25, -0.2) is 0 Å². The van der Waals surface area contributed by atoms with Crippen LogP contribution in [-0.4, -0.2) is 20.0 Å². The van der Waals surface area contributed by atoms with E-state index in [0.29, 0.717) is 11.9 Å². The summed E-state index contributed by atoms with van der Waals surface area (Å²) in [4.78, 5) is 0. The molecule has 124 valence electrons. The summed E-state index contributed by atoms with van der Waals surface area (Å²) in [7, 11) is 0. The topological polar surface area (TPSA) is 39.9 Å². The number of benzene rings is 2. The van der Waals surface area contributed by atoms with E-state index < -0.39 is 0 Å². The lowest BCUT2D eigenvalue weighted by atomic mass is 10.3. The van der Waals surface area contributed by atoms with Gasteiger partial charge < -0.3 is 4.74 Å². The molecule has 0 bridgehead atoms. The molecule has 0 aliphatic rings. The minimum Gasteiger partial charge on any atom is -0.486 e. The zero-order chi connectivity index (χ0) is 16.9. The van der Waals surface area contributed by atoms with Crippen LogP contribution in [0.4, 0.5) is 0 Å². The first-order valence-electron chi connectivity index (χ1n) is 7.68. The Morgan fingerprint density at radius 1 is 1.08 bits per heavy atom. The third-order valence-corrected chi connectivity index (χ3v) is 4.66. The highest BCUT2D eigenvalue weighted by molar-refractivity contribution is 9.10. The average Bonchev–Trinajstić information content (AvgIpc) is 2.96. The van der Waals surface area contributed by atoms with Crippen LogP contribution in [0.1, 0.15) is 19.7 Å². The van der Waals surface area contributed by atoms with Crippen molar-refractivity contribution in [3.63, 3.8) is 0 Å². The van der Waals surface area contributed by atoms with Gasteiger partial charge in [-0.2, -0.15) is 0 Å². The number of ether oxygens (including phenoxy) is 1. The van der Waals surface area contributed by atoms with E-state index in [1.165, 1.54) is 0 Å². The number of para-hydroxylation sites is 1. The molecule has 0 saturated carbocycles. The minimum absolute atomic E-state index is 0.363. The van der Waals surface area contributed by atoms with Crippen molar-refractivity contribution in [2.45, 2.75) is 30.9 Å². The monoisotopic (exact) mass is 403 g/mol. The minimum atomic E-state index is 0.363. The standard InChI is InChI=1S/C18H18BrN3OS/c1-13(2)24-18-21-20-17(12-23-16-9-4-3-5-10-16)22(18)15-8-6-7-14(19)11-15/h3-11,13H,12H2,1-2H3. The number of halogens is 1. The van der Waals surface area contributed by atoms with E-state index in [1.807, 2.05) is 48.5 Å². The lowest BCUT2D eigenvalue weighted by Crippen LogP contribution is -2.07. The normalized spacial score (nSPS) is 11.0. The van der Waals surface area contributed by atoms with Crippen molar-refractivity contribution in [3.8, 4) is 11.4 Å². The van der Waals surface area contributed by atoms with E-state index in [1.54, 1.807) is 11.8 Å². The van der Waals surface area contributed by atoms with Crippen molar-refractivity contribution in [1.29, 1.82) is 0 Å². The number of thioether (sulfide) groups is 1. The maximum atomic E-state index is 5.86. The molecule has 24 heavy (non-hydrogen) atoms. The molecule has 1 aromatic heterocycles. The first-order valence-corrected chi connectivity index (χ1v) is 9.35. The molecule has 2 aromatic carbocycles. The van der Waals surface area contributed by atoms with Crippen LogP contribution in [0.25, 0.3) is 5.69 Å². The molecule has 4 nitrogen and oxygen atoms in total. The van der Waals surface area contributed by atoms with Gasteiger partial charge in [-0.3, -0.25) is 4.57 Å². The van der Waals surface area contributed by atoms with Gasteiger partial charge in [0.2, 0.25) is 0 Å². The Morgan fingerprint density at radius 3 is 2.58 bits per heavy atom. The van der Waals surface area contributed by atoms with E-state index in [0.717, 1.165) is 26.9 Å². The second-order valence-electron chi connectivity index (χ2n) is 5.48. The summed E-state index contributed by atoms with van der Waals surface area (Å²) in [5.74, 6) is 1.60. The van der Waals surface area contributed by atoms with Crippen LogP contribution in [0.2, 0.25) is 0 Å². The zero-order valence-electron chi connectivity index (χ0n) is 13.5. The molecule has 0 amide bonds. The predicted molar refractivity (Wildman–Crippen MR) is 101 cm³/mol. The highest BCUT2D eigenvalue weighted by atomic mass is 79.9. The molecule has 1 heterocycles. The van der Waals surface area contributed by atoms with Gasteiger partial charge in [-0.05, 0) is 30.3 Å². The number of rotatable bonds is 6. The predicted octanol–water partition coefficient (Wildman–Crippen LogP) is 5.11. The highest BCUT2D eigenvalue weighted by Gasteiger charge is 2.16. The van der Waals surface area contributed by atoms with Crippen LogP contribution in [-0.2, 0) is 6.61 Å². The van der Waals surface area contributed by atoms with Crippen LogP contribution in [0.5, 0.6) is 5.75 Å². The fourth-order valence-corrected chi connectivity index (χ4v) is 3.43. The molecule has 0 unspecified atom stereocenters. The summed E-state index contributed by atoms with van der Waals surface area (Å²) in [5.41, 5.74) is 1.02. The van der Waals surface area contributed by atoms with Gasteiger partial charge >= 0.3 is 0 Å². The summed E-state index contributed by atoms with van der Waals surface area (Å²) < 4.78 is 8.93. The van der Waals surface area contributed by atoms with Crippen molar-refractivity contribution >= 4 is 27.7 Å². The molecule has 0 N–H and O–H groups in total.